The number of halogens is 3. The summed E-state index contributed by atoms with van der Waals surface area (Å²) in [4.78, 5) is -0.278. The zero-order valence-electron chi connectivity index (χ0n) is 18.9. The molecular weight excluding hydrogens is 714 g/mol. The third kappa shape index (κ3) is 6.74. The Bertz CT molecular complexity index is 313. The van der Waals surface area contributed by atoms with Crippen LogP contribution in [-0.4, -0.2) is 11.1 Å². The molecule has 158 valence electrons. The fourth-order valence-electron chi connectivity index (χ4n) is 5.19. The molecule has 0 aromatic carbocycles. The van der Waals surface area contributed by atoms with Gasteiger partial charge in [-0.25, -0.2) is 0 Å². The molecule has 1 aliphatic heterocycles. The number of nitrogens with one attached hydrogen (secondary N) is 1. The molecule has 1 heterocycles. The number of piperidine rings is 1. The summed E-state index contributed by atoms with van der Waals surface area (Å²) < 4.78 is 0. The summed E-state index contributed by atoms with van der Waals surface area (Å²) in [5.41, 5.74) is 1.76. The van der Waals surface area contributed by atoms with Gasteiger partial charge in [-0.05, 0) is 43.9 Å². The molecule has 2 aliphatic rings. The Morgan fingerprint density at radius 1 is 0.560 bits per heavy atom. The monoisotopic (exact) mass is 757 g/mol. The van der Waals surface area contributed by atoms with Crippen molar-refractivity contribution in [2.24, 2.45) is 16.2 Å². The van der Waals surface area contributed by atoms with Crippen molar-refractivity contribution in [1.82, 2.24) is 5.32 Å². The first-order chi connectivity index (χ1) is 10.7. The maximum atomic E-state index is 3.81. The minimum atomic E-state index is -0.278. The Morgan fingerprint density at radius 2 is 0.720 bits per heavy atom. The van der Waals surface area contributed by atoms with Crippen LogP contribution in [0.4, 0.5) is 0 Å². The molecule has 2 rings (SSSR count). The van der Waals surface area contributed by atoms with Gasteiger partial charge in [0.2, 0.25) is 0 Å². The first-order valence-electron chi connectivity index (χ1n) is 9.26. The van der Waals surface area contributed by atoms with Crippen LogP contribution in [-0.2, 0) is 4.92 Å². The molecule has 1 nitrogen and oxygen atoms in total. The Morgan fingerprint density at radius 3 is 0.800 bits per heavy atom. The van der Waals surface area contributed by atoms with Crippen LogP contribution < -0.4 is 5.32 Å². The summed E-state index contributed by atoms with van der Waals surface area (Å²) in [6, 6.07) is 0. The van der Waals surface area contributed by atoms with Crippen LogP contribution in [0.25, 0.3) is 0 Å². The van der Waals surface area contributed by atoms with Crippen molar-refractivity contribution in [3.8, 4) is 0 Å². The van der Waals surface area contributed by atoms with Crippen molar-refractivity contribution in [2.75, 3.05) is 0 Å². The van der Waals surface area contributed by atoms with E-state index in [0.717, 1.165) is 0 Å². The summed E-state index contributed by atoms with van der Waals surface area (Å²) >= 11 is 7.39. The first kappa shape index (κ1) is 36.4. The third-order valence-electron chi connectivity index (χ3n) is 6.56. The van der Waals surface area contributed by atoms with E-state index < -0.39 is 0 Å². The molecule has 1 saturated carbocycles. The average Bonchev–Trinajstić information content (AvgIpc) is 2.80. The molecule has 1 aliphatic carbocycles. The molecule has 25 heavy (non-hydrogen) atoms. The van der Waals surface area contributed by atoms with Gasteiger partial charge < -0.3 is 5.32 Å². The van der Waals surface area contributed by atoms with Crippen LogP contribution in [0, 0.1) is 54.0 Å². The second kappa shape index (κ2) is 14.1. The first-order valence-corrected chi connectivity index (χ1v) is 22.8. The van der Waals surface area contributed by atoms with E-state index in [1.165, 1.54) is 0 Å². The van der Waals surface area contributed by atoms with Gasteiger partial charge in [0.25, 0.3) is 0 Å². The van der Waals surface area contributed by atoms with Crippen LogP contribution in [0.3, 0.4) is 0 Å². The maximum absolute atomic E-state index is 3.81. The van der Waals surface area contributed by atoms with E-state index in [-0.39, 0.29) is 53.7 Å². The van der Waals surface area contributed by atoms with Crippen molar-refractivity contribution in [2.45, 2.75) is 108 Å². The molecule has 0 spiro atoms. The summed E-state index contributed by atoms with van der Waals surface area (Å²) in [6.07, 6.45) is 0. The summed E-state index contributed by atoms with van der Waals surface area (Å²) in [7, 11) is 0. The molecule has 1 saturated heterocycles. The fraction of sp³-hybridized carbons (Fsp3) is 1.00. The molecule has 2 fully saturated rings. The molecule has 2 atom stereocenters. The molecule has 1 N–H and O–H groups in total. The van der Waals surface area contributed by atoms with Crippen LogP contribution in [0.2, 0.25) is 0 Å². The molecular formula is C19H43ArI3NV. The van der Waals surface area contributed by atoms with E-state index in [2.05, 4.69) is 121 Å². The SMILES string of the molecule is CC.CC.CC.CC1(C)NC(C)(C)C2(C)C(C)(C)C12C.[Ar].[I][V]([I])[I]. The third-order valence-corrected chi connectivity index (χ3v) is 6.56. The van der Waals surface area contributed by atoms with E-state index >= 15 is 0 Å². The van der Waals surface area contributed by atoms with Gasteiger partial charge in [0.1, 0.15) is 0 Å². The summed E-state index contributed by atoms with van der Waals surface area (Å²) in [6.45, 7) is 31.2. The topological polar surface area (TPSA) is 12.0 Å². The van der Waals surface area contributed by atoms with Crippen molar-refractivity contribution < 1.29 is 42.7 Å². The van der Waals surface area contributed by atoms with Gasteiger partial charge in [-0.15, -0.1) is 0 Å². The van der Waals surface area contributed by atoms with Crippen molar-refractivity contribution >= 4 is 59.9 Å². The molecule has 0 radical (unpaired) electrons. The van der Waals surface area contributed by atoms with Crippen LogP contribution in [0.15, 0.2) is 0 Å². The number of rotatable bonds is 0. The normalized spacial score (nSPS) is 31.0. The van der Waals surface area contributed by atoms with Gasteiger partial charge in [0.05, 0.1) is 0 Å². The second-order valence-electron chi connectivity index (χ2n) is 7.44. The minimum absolute atomic E-state index is 0. The van der Waals surface area contributed by atoms with E-state index in [4.69, 9.17) is 0 Å². The predicted molar refractivity (Wildman–Crippen MR) is 137 cm³/mol. The second-order valence-corrected chi connectivity index (χ2v) is 42.8. The Kier molecular flexibility index (Phi) is 20.6. The Hall–Kier alpha value is 3.99. The van der Waals surface area contributed by atoms with Gasteiger partial charge in [-0.1, -0.05) is 69.2 Å². The van der Waals surface area contributed by atoms with Crippen molar-refractivity contribution in [3.63, 3.8) is 0 Å². The zero-order chi connectivity index (χ0) is 20.8. The number of fused-ring (bicyclic) bond motifs is 1. The average molecular weight is 757 g/mol. The molecule has 0 aromatic rings. The summed E-state index contributed by atoms with van der Waals surface area (Å²) in [5, 5.41) is 3.81. The van der Waals surface area contributed by atoms with Crippen molar-refractivity contribution in [3.05, 3.63) is 0 Å². The van der Waals surface area contributed by atoms with Crippen LogP contribution >= 0.6 is 59.9 Å². The standard InChI is InChI=1S/C13H25N.3C2H6.Ar.3HI.V/c1-9(2)12(7)10(3,4)14-11(5,6)13(9,12)8;3*1-2;;;;;/h14H,1-8H3;3*1-2H3;;3*1H;/q;;;;;;;;+3/p-3. The Labute approximate surface area is 228 Å². The molecule has 0 bridgehead atoms. The Balaban J connectivity index is -0.000000172. The van der Waals surface area contributed by atoms with E-state index in [1.54, 1.807) is 0 Å². The van der Waals surface area contributed by atoms with Crippen molar-refractivity contribution in [1.29, 1.82) is 0 Å². The van der Waals surface area contributed by atoms with Crippen LogP contribution in [0.1, 0.15) is 96.9 Å². The molecule has 0 amide bonds. The fourth-order valence-corrected chi connectivity index (χ4v) is 5.19. The molecule has 6 heteroatoms. The van der Waals surface area contributed by atoms with E-state index in [9.17, 15) is 0 Å². The van der Waals surface area contributed by atoms with Gasteiger partial charge in [-0.2, -0.15) is 0 Å². The van der Waals surface area contributed by atoms with E-state index in [1.807, 2.05) is 41.5 Å². The summed E-state index contributed by atoms with van der Waals surface area (Å²) in [5.74, 6) is 0. The van der Waals surface area contributed by atoms with Gasteiger partial charge >= 0.3 is 64.9 Å². The number of hydrogen-bond acceptors (Lipinski definition) is 1. The van der Waals surface area contributed by atoms with E-state index in [0.29, 0.717) is 16.2 Å². The quantitative estimate of drug-likeness (QED) is 0.244. The van der Waals surface area contributed by atoms with Gasteiger partial charge in [0, 0.05) is 48.8 Å². The number of hydrogen-bond donors (Lipinski definition) is 1. The van der Waals surface area contributed by atoms with Crippen LogP contribution in [0.5, 0.6) is 0 Å². The molecule has 0 aromatic heterocycles. The predicted octanol–water partition coefficient (Wildman–Crippen LogP) is 8.93. The van der Waals surface area contributed by atoms with Gasteiger partial charge in [-0.3, -0.25) is 0 Å². The molecule has 2 unspecified atom stereocenters. The van der Waals surface area contributed by atoms with Gasteiger partial charge in [0.15, 0.2) is 0 Å². The zero-order valence-corrected chi connectivity index (χ0v) is 27.5.